The van der Waals surface area contributed by atoms with Crippen molar-refractivity contribution in [1.82, 2.24) is 4.90 Å². The average Bonchev–Trinajstić information content (AvgIpc) is 2.93. The normalized spacial score (nSPS) is 30.7. The zero-order chi connectivity index (χ0) is 16.4. The molecule has 23 heavy (non-hydrogen) atoms. The number of benzene rings is 1. The number of methoxy groups -OCH3 is 2. The van der Waals surface area contributed by atoms with E-state index in [2.05, 4.69) is 4.90 Å². The summed E-state index contributed by atoms with van der Waals surface area (Å²) in [6.07, 6.45) is 3.14. The molecule has 1 heterocycles. The Balaban J connectivity index is 1.80. The van der Waals surface area contributed by atoms with Crippen molar-refractivity contribution in [3.63, 3.8) is 0 Å². The minimum Gasteiger partial charge on any atom is -0.497 e. The maximum atomic E-state index is 12.2. The highest BCUT2D eigenvalue weighted by Crippen LogP contribution is 2.41. The van der Waals surface area contributed by atoms with Crippen molar-refractivity contribution in [3.05, 3.63) is 29.8 Å². The minimum atomic E-state index is -0.258. The quantitative estimate of drug-likeness (QED) is 0.860. The molecule has 1 aliphatic carbocycles. The van der Waals surface area contributed by atoms with E-state index in [1.165, 1.54) is 7.11 Å². The van der Waals surface area contributed by atoms with Gasteiger partial charge in [-0.3, -0.25) is 9.69 Å². The van der Waals surface area contributed by atoms with Gasteiger partial charge in [-0.15, -0.1) is 0 Å². The van der Waals surface area contributed by atoms with E-state index in [0.717, 1.165) is 37.0 Å². The summed E-state index contributed by atoms with van der Waals surface area (Å²) in [7, 11) is 3.10. The number of nitrogens with zero attached hydrogens (tertiary/aromatic N) is 1. The summed E-state index contributed by atoms with van der Waals surface area (Å²) in [6.45, 7) is 0.692. The van der Waals surface area contributed by atoms with E-state index in [9.17, 15) is 9.90 Å². The lowest BCUT2D eigenvalue weighted by molar-refractivity contribution is -0.146. The predicted octanol–water partition coefficient (Wildman–Crippen LogP) is 1.97. The summed E-state index contributed by atoms with van der Waals surface area (Å²) in [5.41, 5.74) is 1.14. The van der Waals surface area contributed by atoms with E-state index in [1.54, 1.807) is 7.11 Å². The van der Waals surface area contributed by atoms with Crippen LogP contribution in [0.1, 0.15) is 31.2 Å². The molecule has 0 unspecified atom stereocenters. The first-order valence-corrected chi connectivity index (χ1v) is 8.27. The number of hydrogen-bond donors (Lipinski definition) is 1. The van der Waals surface area contributed by atoms with Crippen LogP contribution in [0.4, 0.5) is 0 Å². The van der Waals surface area contributed by atoms with Gasteiger partial charge in [0.1, 0.15) is 11.8 Å². The van der Waals surface area contributed by atoms with Gasteiger partial charge < -0.3 is 14.6 Å². The van der Waals surface area contributed by atoms with E-state index in [1.807, 2.05) is 24.3 Å². The molecule has 5 heteroatoms. The summed E-state index contributed by atoms with van der Waals surface area (Å²) in [6, 6.07) is 7.98. The smallest absolute Gasteiger partial charge is 0.323 e. The molecule has 1 aromatic rings. The molecular weight excluding hydrogens is 294 g/mol. The van der Waals surface area contributed by atoms with Crippen molar-refractivity contribution in [2.75, 3.05) is 14.2 Å². The van der Waals surface area contributed by atoms with E-state index in [-0.39, 0.29) is 24.2 Å². The monoisotopic (exact) mass is 319 g/mol. The first kappa shape index (κ1) is 16.3. The Labute approximate surface area is 137 Å². The Morgan fingerprint density at radius 1 is 1.22 bits per heavy atom. The number of fused-ring (bicyclic) bond motifs is 1. The second-order valence-corrected chi connectivity index (χ2v) is 6.59. The largest absolute Gasteiger partial charge is 0.497 e. The Kier molecular flexibility index (Phi) is 4.87. The van der Waals surface area contributed by atoms with Gasteiger partial charge in [-0.2, -0.15) is 0 Å². The number of hydrogen-bond acceptors (Lipinski definition) is 5. The molecule has 1 saturated carbocycles. The van der Waals surface area contributed by atoms with Crippen LogP contribution in [0.3, 0.4) is 0 Å². The van der Waals surface area contributed by atoms with Crippen LogP contribution in [0.15, 0.2) is 24.3 Å². The second-order valence-electron chi connectivity index (χ2n) is 6.59. The molecule has 0 bridgehead atoms. The first-order valence-electron chi connectivity index (χ1n) is 8.27. The van der Waals surface area contributed by atoms with Crippen LogP contribution >= 0.6 is 0 Å². The van der Waals surface area contributed by atoms with Gasteiger partial charge in [-0.05, 0) is 49.3 Å². The van der Waals surface area contributed by atoms with Crippen molar-refractivity contribution >= 4 is 5.97 Å². The summed E-state index contributed by atoms with van der Waals surface area (Å²) >= 11 is 0. The SMILES string of the molecule is COC(=O)[C@@H]1C[C@@H]2CC[C@@H](O)C[C@@H]2N1Cc1ccc(OC)cc1. The van der Waals surface area contributed by atoms with Crippen molar-refractivity contribution < 1.29 is 19.4 Å². The third-order valence-corrected chi connectivity index (χ3v) is 5.28. The molecule has 0 amide bonds. The molecule has 0 spiro atoms. The van der Waals surface area contributed by atoms with Gasteiger partial charge in [0.25, 0.3) is 0 Å². The maximum Gasteiger partial charge on any atom is 0.323 e. The number of rotatable bonds is 4. The van der Waals surface area contributed by atoms with Gasteiger partial charge in [-0.25, -0.2) is 0 Å². The Hall–Kier alpha value is -1.59. The van der Waals surface area contributed by atoms with Crippen LogP contribution in [0.2, 0.25) is 0 Å². The molecule has 5 nitrogen and oxygen atoms in total. The molecule has 3 rings (SSSR count). The highest BCUT2D eigenvalue weighted by Gasteiger charge is 2.47. The number of carbonyl (C=O) groups is 1. The summed E-state index contributed by atoms with van der Waals surface area (Å²) in [5, 5.41) is 10.0. The summed E-state index contributed by atoms with van der Waals surface area (Å²) < 4.78 is 10.2. The van der Waals surface area contributed by atoms with Crippen molar-refractivity contribution in [2.45, 2.75) is 50.4 Å². The molecule has 1 aromatic carbocycles. The molecule has 0 radical (unpaired) electrons. The van der Waals surface area contributed by atoms with E-state index < -0.39 is 0 Å². The van der Waals surface area contributed by atoms with E-state index in [0.29, 0.717) is 12.5 Å². The number of aliphatic hydroxyl groups is 1. The lowest BCUT2D eigenvalue weighted by Crippen LogP contribution is -2.44. The number of carbonyl (C=O) groups excluding carboxylic acids is 1. The lowest BCUT2D eigenvalue weighted by Gasteiger charge is -2.35. The van der Waals surface area contributed by atoms with Gasteiger partial charge in [-0.1, -0.05) is 12.1 Å². The number of aliphatic hydroxyl groups excluding tert-OH is 1. The highest BCUT2D eigenvalue weighted by molar-refractivity contribution is 5.76. The highest BCUT2D eigenvalue weighted by atomic mass is 16.5. The van der Waals surface area contributed by atoms with E-state index >= 15 is 0 Å². The standard InChI is InChI=1S/C18H25NO4/c1-22-15-7-3-12(4-8-15)11-19-16-10-14(20)6-5-13(16)9-17(19)18(21)23-2/h3-4,7-8,13-14,16-17,20H,5-6,9-11H2,1-2H3/t13-,14+,16-,17-/m0/s1. The second kappa shape index (κ2) is 6.89. The zero-order valence-electron chi connectivity index (χ0n) is 13.8. The predicted molar refractivity (Wildman–Crippen MR) is 86.1 cm³/mol. The van der Waals surface area contributed by atoms with Gasteiger partial charge in [0.2, 0.25) is 0 Å². The van der Waals surface area contributed by atoms with E-state index in [4.69, 9.17) is 9.47 Å². The first-order chi connectivity index (χ1) is 11.1. The average molecular weight is 319 g/mol. The fourth-order valence-electron chi connectivity index (χ4n) is 4.06. The van der Waals surface area contributed by atoms with Crippen LogP contribution in [0.25, 0.3) is 0 Å². The molecular formula is C18H25NO4. The number of likely N-dealkylation sites (tertiary alicyclic amines) is 1. The Bertz CT molecular complexity index is 544. The molecule has 126 valence electrons. The van der Waals surface area contributed by atoms with Crippen LogP contribution in [0.5, 0.6) is 5.75 Å². The molecule has 2 aliphatic rings. The van der Waals surface area contributed by atoms with Gasteiger partial charge >= 0.3 is 5.97 Å². The Morgan fingerprint density at radius 3 is 2.61 bits per heavy atom. The molecule has 2 fully saturated rings. The van der Waals surface area contributed by atoms with Crippen LogP contribution < -0.4 is 4.74 Å². The lowest BCUT2D eigenvalue weighted by atomic mass is 9.83. The van der Waals surface area contributed by atoms with Crippen LogP contribution in [0, 0.1) is 5.92 Å². The fourth-order valence-corrected chi connectivity index (χ4v) is 4.06. The summed E-state index contributed by atoms with van der Waals surface area (Å²) in [4.78, 5) is 14.4. The molecule has 1 N–H and O–H groups in total. The summed E-state index contributed by atoms with van der Waals surface area (Å²) in [5.74, 6) is 1.13. The Morgan fingerprint density at radius 2 is 1.96 bits per heavy atom. The molecule has 0 aromatic heterocycles. The van der Waals surface area contributed by atoms with Gasteiger partial charge in [0.15, 0.2) is 0 Å². The fraction of sp³-hybridized carbons (Fsp3) is 0.611. The van der Waals surface area contributed by atoms with Crippen molar-refractivity contribution in [3.8, 4) is 5.75 Å². The van der Waals surface area contributed by atoms with Gasteiger partial charge in [0.05, 0.1) is 20.3 Å². The van der Waals surface area contributed by atoms with Crippen LogP contribution in [-0.2, 0) is 16.1 Å². The molecule has 1 aliphatic heterocycles. The van der Waals surface area contributed by atoms with Crippen molar-refractivity contribution in [1.29, 1.82) is 0 Å². The third-order valence-electron chi connectivity index (χ3n) is 5.28. The minimum absolute atomic E-state index is 0.164. The topological polar surface area (TPSA) is 59.0 Å². The molecule has 1 saturated heterocycles. The number of ether oxygens (including phenoxy) is 2. The van der Waals surface area contributed by atoms with Crippen LogP contribution in [-0.4, -0.2) is 48.4 Å². The third kappa shape index (κ3) is 3.35. The number of esters is 1. The van der Waals surface area contributed by atoms with Gasteiger partial charge in [0, 0.05) is 12.6 Å². The van der Waals surface area contributed by atoms with Crippen molar-refractivity contribution in [2.24, 2.45) is 5.92 Å². The maximum absolute atomic E-state index is 12.2. The molecule has 4 atom stereocenters. The zero-order valence-corrected chi connectivity index (χ0v) is 13.8.